The molecule has 0 aliphatic rings. The van der Waals surface area contributed by atoms with Crippen molar-refractivity contribution in [3.8, 4) is 0 Å². The monoisotopic (exact) mass is 470 g/mol. The number of amides is 1. The normalized spacial score (nSPS) is 11.6. The minimum Gasteiger partial charge on any atom is -0.466 e. The number of nitrogens with one attached hydrogen (secondary N) is 3. The van der Waals surface area contributed by atoms with Gasteiger partial charge in [0.1, 0.15) is 0 Å². The number of nitrogens with two attached hydrogens (primary N) is 1. The van der Waals surface area contributed by atoms with Gasteiger partial charge in [0.15, 0.2) is 5.96 Å². The molecule has 1 heterocycles. The Morgan fingerprint density at radius 3 is 2.54 bits per heavy atom. The lowest BCUT2D eigenvalue weighted by Gasteiger charge is -2.19. The number of carbonyl (C=O) groups is 2. The summed E-state index contributed by atoms with van der Waals surface area (Å²) in [6.07, 6.45) is 1.87. The van der Waals surface area contributed by atoms with Crippen molar-refractivity contribution in [1.82, 2.24) is 9.55 Å². The number of hydrogen-bond donors (Lipinski definition) is 4. The number of ether oxygens (including phenoxy) is 1. The molecular weight excluding hydrogens is 444 g/mol. The van der Waals surface area contributed by atoms with Crippen LogP contribution in [0, 0.1) is 5.41 Å². The highest BCUT2D eigenvalue weighted by Crippen LogP contribution is 2.28. The van der Waals surface area contributed by atoms with Crippen LogP contribution in [-0.4, -0.2) is 34.0 Å². The summed E-state index contributed by atoms with van der Waals surface area (Å²) in [5.41, 5.74) is 9.39. The van der Waals surface area contributed by atoms with E-state index in [1.54, 1.807) is 49.6 Å². The first kappa shape index (κ1) is 23.5. The van der Waals surface area contributed by atoms with Crippen molar-refractivity contribution in [3.63, 3.8) is 0 Å². The minimum atomic E-state index is -0.305. The molecule has 3 aromatic carbocycles. The second-order valence-corrected chi connectivity index (χ2v) is 7.86. The molecule has 1 amide bonds. The molecule has 0 saturated carbocycles. The zero-order chi connectivity index (χ0) is 24.8. The highest BCUT2D eigenvalue weighted by Gasteiger charge is 2.21. The highest BCUT2D eigenvalue weighted by molar-refractivity contribution is 6.06. The molecule has 0 fully saturated rings. The van der Waals surface area contributed by atoms with E-state index in [4.69, 9.17) is 15.9 Å². The Hall–Kier alpha value is -4.66. The number of rotatable bonds is 8. The largest absolute Gasteiger partial charge is 0.466 e. The molecule has 0 aliphatic heterocycles. The molecule has 0 bridgehead atoms. The van der Waals surface area contributed by atoms with Gasteiger partial charge in [0.25, 0.3) is 5.91 Å². The lowest BCUT2D eigenvalue weighted by atomic mass is 10.0. The molecule has 1 unspecified atom stereocenters. The Kier molecular flexibility index (Phi) is 7.06. The molecule has 1 aromatic heterocycles. The fourth-order valence-corrected chi connectivity index (χ4v) is 3.88. The fourth-order valence-electron chi connectivity index (χ4n) is 3.88. The van der Waals surface area contributed by atoms with E-state index in [0.29, 0.717) is 29.1 Å². The van der Waals surface area contributed by atoms with E-state index in [-0.39, 0.29) is 30.3 Å². The van der Waals surface area contributed by atoms with Gasteiger partial charge >= 0.3 is 5.97 Å². The molecule has 4 rings (SSSR count). The van der Waals surface area contributed by atoms with Gasteiger partial charge in [-0.25, -0.2) is 4.98 Å². The molecule has 9 heteroatoms. The fraction of sp³-hybridized carbons (Fsp3) is 0.154. The third-order valence-corrected chi connectivity index (χ3v) is 5.42. The Balaban J connectivity index is 1.59. The van der Waals surface area contributed by atoms with Gasteiger partial charge in [0.05, 0.1) is 36.4 Å². The van der Waals surface area contributed by atoms with Gasteiger partial charge in [0.2, 0.25) is 0 Å². The summed E-state index contributed by atoms with van der Waals surface area (Å²) in [7, 11) is 0. The Labute approximate surface area is 202 Å². The van der Waals surface area contributed by atoms with Gasteiger partial charge in [-0.15, -0.1) is 0 Å². The summed E-state index contributed by atoms with van der Waals surface area (Å²) < 4.78 is 7.14. The Bertz CT molecular complexity index is 1370. The number of carbonyl (C=O) groups excluding carboxylic acids is 2. The van der Waals surface area contributed by atoms with E-state index in [0.717, 1.165) is 11.1 Å². The molecule has 0 spiro atoms. The SMILES string of the molecule is CCOC(=O)CC(c1ccccc1)n1cnc2cc(NC(=O)c3cccc(NC(=N)N)c3)ccc21. The first-order valence-electron chi connectivity index (χ1n) is 11.1. The van der Waals surface area contributed by atoms with Crippen LogP contribution in [0.4, 0.5) is 11.4 Å². The van der Waals surface area contributed by atoms with Gasteiger partial charge in [-0.05, 0) is 48.9 Å². The van der Waals surface area contributed by atoms with Crippen LogP contribution >= 0.6 is 0 Å². The van der Waals surface area contributed by atoms with Crippen LogP contribution < -0.4 is 16.4 Å². The molecule has 0 radical (unpaired) electrons. The van der Waals surface area contributed by atoms with Crippen molar-refractivity contribution in [1.29, 1.82) is 5.41 Å². The van der Waals surface area contributed by atoms with E-state index in [1.165, 1.54) is 0 Å². The second kappa shape index (κ2) is 10.5. The maximum Gasteiger partial charge on any atom is 0.308 e. The number of aromatic nitrogens is 2. The van der Waals surface area contributed by atoms with Crippen molar-refractivity contribution < 1.29 is 14.3 Å². The summed E-state index contributed by atoms with van der Waals surface area (Å²) in [5.74, 6) is -0.797. The van der Waals surface area contributed by atoms with Crippen LogP contribution in [-0.2, 0) is 9.53 Å². The van der Waals surface area contributed by atoms with Crippen molar-refractivity contribution in [3.05, 3.63) is 90.3 Å². The number of fused-ring (bicyclic) bond motifs is 1. The lowest BCUT2D eigenvalue weighted by Crippen LogP contribution is -2.20. The number of esters is 1. The minimum absolute atomic E-state index is 0.173. The summed E-state index contributed by atoms with van der Waals surface area (Å²) in [4.78, 5) is 29.6. The van der Waals surface area contributed by atoms with Crippen molar-refractivity contribution >= 4 is 40.2 Å². The number of imidazole rings is 1. The third kappa shape index (κ3) is 5.64. The summed E-state index contributed by atoms with van der Waals surface area (Å²) in [5, 5.41) is 12.9. The molecule has 35 heavy (non-hydrogen) atoms. The predicted molar refractivity (Wildman–Crippen MR) is 135 cm³/mol. The van der Waals surface area contributed by atoms with Crippen molar-refractivity contribution in [2.24, 2.45) is 5.73 Å². The maximum atomic E-state index is 12.8. The number of nitrogens with zero attached hydrogens (tertiary/aromatic N) is 2. The van der Waals surface area contributed by atoms with E-state index >= 15 is 0 Å². The van der Waals surface area contributed by atoms with E-state index in [1.807, 2.05) is 41.0 Å². The first-order valence-corrected chi connectivity index (χ1v) is 11.1. The Morgan fingerprint density at radius 1 is 1.03 bits per heavy atom. The number of benzene rings is 3. The average molecular weight is 471 g/mol. The first-order chi connectivity index (χ1) is 16.9. The van der Waals surface area contributed by atoms with Gasteiger partial charge < -0.3 is 25.7 Å². The smallest absolute Gasteiger partial charge is 0.308 e. The summed E-state index contributed by atoms with van der Waals surface area (Å²) >= 11 is 0. The molecule has 0 aliphatic carbocycles. The quantitative estimate of drug-likeness (QED) is 0.174. The van der Waals surface area contributed by atoms with Crippen LogP contribution in [0.15, 0.2) is 79.1 Å². The molecule has 4 aromatic rings. The summed E-state index contributed by atoms with van der Waals surface area (Å²) in [6, 6.07) is 21.6. The molecule has 9 nitrogen and oxygen atoms in total. The van der Waals surface area contributed by atoms with Crippen LogP contribution in [0.1, 0.15) is 35.3 Å². The Morgan fingerprint density at radius 2 is 1.80 bits per heavy atom. The molecular formula is C26H26N6O3. The maximum absolute atomic E-state index is 12.8. The zero-order valence-corrected chi connectivity index (χ0v) is 19.2. The predicted octanol–water partition coefficient (Wildman–Crippen LogP) is 4.14. The van der Waals surface area contributed by atoms with Crippen LogP contribution in [0.25, 0.3) is 11.0 Å². The number of guanidine groups is 1. The van der Waals surface area contributed by atoms with E-state index < -0.39 is 0 Å². The van der Waals surface area contributed by atoms with Crippen molar-refractivity contribution in [2.75, 3.05) is 17.2 Å². The molecule has 178 valence electrons. The lowest BCUT2D eigenvalue weighted by molar-refractivity contribution is -0.143. The molecule has 1 atom stereocenters. The van der Waals surface area contributed by atoms with Gasteiger partial charge in [-0.1, -0.05) is 36.4 Å². The van der Waals surface area contributed by atoms with Crippen molar-refractivity contribution in [2.45, 2.75) is 19.4 Å². The topological polar surface area (TPSA) is 135 Å². The standard InChI is InChI=1S/C26H26N6O3/c1-2-35-24(33)15-23(17-7-4-3-5-8-17)32-16-29-21-14-20(11-12-22(21)32)30-25(34)18-9-6-10-19(13-18)31-26(27)28/h3-14,16,23H,2,15H2,1H3,(H,30,34)(H4,27,28,31). The van der Waals surface area contributed by atoms with Crippen LogP contribution in [0.2, 0.25) is 0 Å². The number of hydrogen-bond acceptors (Lipinski definition) is 5. The average Bonchev–Trinajstić information content (AvgIpc) is 3.26. The third-order valence-electron chi connectivity index (χ3n) is 5.42. The zero-order valence-electron chi connectivity index (χ0n) is 19.2. The van der Waals surface area contributed by atoms with Gasteiger partial charge in [0, 0.05) is 16.9 Å². The number of anilines is 2. The molecule has 5 N–H and O–H groups in total. The van der Waals surface area contributed by atoms with E-state index in [9.17, 15) is 9.59 Å². The molecule has 0 saturated heterocycles. The second-order valence-electron chi connectivity index (χ2n) is 7.86. The van der Waals surface area contributed by atoms with Gasteiger partial charge in [-0.2, -0.15) is 0 Å². The highest BCUT2D eigenvalue weighted by atomic mass is 16.5. The van der Waals surface area contributed by atoms with Crippen LogP contribution in [0.5, 0.6) is 0 Å². The van der Waals surface area contributed by atoms with Crippen LogP contribution in [0.3, 0.4) is 0 Å². The summed E-state index contributed by atoms with van der Waals surface area (Å²) in [6.45, 7) is 2.11. The van der Waals surface area contributed by atoms with Gasteiger partial charge in [-0.3, -0.25) is 15.0 Å². The van der Waals surface area contributed by atoms with E-state index in [2.05, 4.69) is 15.6 Å².